The van der Waals surface area contributed by atoms with E-state index in [0.717, 1.165) is 12.5 Å². The summed E-state index contributed by atoms with van der Waals surface area (Å²) >= 11 is 0. The van der Waals surface area contributed by atoms with Gasteiger partial charge in [-0.15, -0.1) is 0 Å². The highest BCUT2D eigenvalue weighted by Crippen LogP contribution is 2.28. The van der Waals surface area contributed by atoms with Crippen molar-refractivity contribution in [2.75, 3.05) is 13.2 Å². The Morgan fingerprint density at radius 3 is 2.11 bits per heavy atom. The van der Waals surface area contributed by atoms with Crippen LogP contribution in [-0.4, -0.2) is 34.3 Å². The smallest absolute Gasteiger partial charge is 0.374 e. The Kier molecular flexibility index (Phi) is 8.37. The van der Waals surface area contributed by atoms with Crippen LogP contribution in [0.15, 0.2) is 4.99 Å². The van der Waals surface area contributed by atoms with Gasteiger partial charge in [-0.3, -0.25) is 0 Å². The van der Waals surface area contributed by atoms with Crippen molar-refractivity contribution >= 4 is 14.9 Å². The number of carbonyl (C=O) groups excluding carboxylic acids is 1. The van der Waals surface area contributed by atoms with Gasteiger partial charge in [0.1, 0.15) is 0 Å². The fraction of sp³-hybridized carbons (Fsp3) is 0.923. The normalized spacial score (nSPS) is 14.0. The minimum Gasteiger partial charge on any atom is -0.374 e. The van der Waals surface area contributed by atoms with Gasteiger partial charge < -0.3 is 13.3 Å². The van der Waals surface area contributed by atoms with Crippen molar-refractivity contribution in [3.05, 3.63) is 0 Å². The van der Waals surface area contributed by atoms with E-state index in [1.807, 2.05) is 13.8 Å². The molecule has 19 heavy (non-hydrogen) atoms. The number of isocyanates is 1. The molecule has 0 saturated carbocycles. The van der Waals surface area contributed by atoms with E-state index in [9.17, 15) is 4.79 Å². The summed E-state index contributed by atoms with van der Waals surface area (Å²) in [6, 6.07) is 0.719. The van der Waals surface area contributed by atoms with Crippen LogP contribution in [0.5, 0.6) is 0 Å². The van der Waals surface area contributed by atoms with E-state index in [1.165, 1.54) is 6.08 Å². The van der Waals surface area contributed by atoms with E-state index in [4.69, 9.17) is 13.3 Å². The lowest BCUT2D eigenvalue weighted by Gasteiger charge is -2.32. The van der Waals surface area contributed by atoms with Gasteiger partial charge in [-0.1, -0.05) is 20.8 Å². The van der Waals surface area contributed by atoms with E-state index in [2.05, 4.69) is 25.8 Å². The van der Waals surface area contributed by atoms with Crippen LogP contribution in [0.3, 0.4) is 0 Å². The molecule has 6 heteroatoms. The molecule has 5 nitrogen and oxygen atoms in total. The van der Waals surface area contributed by atoms with Crippen LogP contribution in [0.4, 0.5) is 0 Å². The molecule has 0 heterocycles. The first-order chi connectivity index (χ1) is 8.78. The third kappa shape index (κ3) is 8.29. The standard InChI is InChI=1S/C13H27NO4Si/c1-7-16-19(17-8-2,10-9-13(4,5)6)18-12(3)14-11-15/h12H,7-10H2,1-6H3. The van der Waals surface area contributed by atoms with Gasteiger partial charge in [0.25, 0.3) is 0 Å². The summed E-state index contributed by atoms with van der Waals surface area (Å²) in [6.07, 6.45) is 1.85. The average Bonchev–Trinajstić information content (AvgIpc) is 2.26. The van der Waals surface area contributed by atoms with Gasteiger partial charge in [0, 0.05) is 19.3 Å². The summed E-state index contributed by atoms with van der Waals surface area (Å²) in [6.45, 7) is 13.1. The maximum absolute atomic E-state index is 10.3. The van der Waals surface area contributed by atoms with Crippen molar-refractivity contribution in [1.82, 2.24) is 0 Å². The second-order valence-electron chi connectivity index (χ2n) is 5.55. The maximum Gasteiger partial charge on any atom is 0.502 e. The van der Waals surface area contributed by atoms with Crippen LogP contribution < -0.4 is 0 Å². The number of rotatable bonds is 9. The van der Waals surface area contributed by atoms with Gasteiger partial charge in [0.05, 0.1) is 0 Å². The van der Waals surface area contributed by atoms with Crippen LogP contribution in [0.2, 0.25) is 6.04 Å². The highest BCUT2D eigenvalue weighted by atomic mass is 28.4. The molecule has 1 atom stereocenters. The first-order valence-corrected chi connectivity index (χ1v) is 8.74. The highest BCUT2D eigenvalue weighted by molar-refractivity contribution is 6.60. The average molecular weight is 289 g/mol. The predicted octanol–water partition coefficient (Wildman–Crippen LogP) is 3.13. The molecule has 0 aliphatic carbocycles. The van der Waals surface area contributed by atoms with Crippen molar-refractivity contribution in [3.8, 4) is 0 Å². The van der Waals surface area contributed by atoms with E-state index >= 15 is 0 Å². The molecule has 0 amide bonds. The molecule has 0 aromatic rings. The fourth-order valence-electron chi connectivity index (χ4n) is 1.64. The zero-order valence-corrected chi connectivity index (χ0v) is 14.0. The second kappa shape index (κ2) is 8.61. The van der Waals surface area contributed by atoms with Gasteiger partial charge in [-0.05, 0) is 32.6 Å². The Hall–Kier alpha value is -0.523. The van der Waals surface area contributed by atoms with Gasteiger partial charge >= 0.3 is 8.80 Å². The van der Waals surface area contributed by atoms with Crippen LogP contribution in [0, 0.1) is 5.41 Å². The number of hydrogen-bond acceptors (Lipinski definition) is 5. The number of hydrogen-bond donors (Lipinski definition) is 0. The SMILES string of the molecule is CCO[Si](CCC(C)(C)C)(OCC)OC(C)N=C=O. The van der Waals surface area contributed by atoms with Gasteiger partial charge in [-0.2, -0.15) is 4.99 Å². The van der Waals surface area contributed by atoms with Crippen LogP contribution in [-0.2, 0) is 18.1 Å². The molecular formula is C13H27NO4Si. The Labute approximate surface area is 117 Å². The molecule has 1 unspecified atom stereocenters. The van der Waals surface area contributed by atoms with E-state index in [1.54, 1.807) is 6.92 Å². The summed E-state index contributed by atoms with van der Waals surface area (Å²) in [4.78, 5) is 13.9. The van der Waals surface area contributed by atoms with Crippen molar-refractivity contribution in [1.29, 1.82) is 0 Å². The minimum absolute atomic E-state index is 0.174. The molecule has 0 aliphatic rings. The zero-order chi connectivity index (χ0) is 14.9. The lowest BCUT2D eigenvalue weighted by Crippen LogP contribution is -2.48. The van der Waals surface area contributed by atoms with E-state index in [-0.39, 0.29) is 5.41 Å². The lowest BCUT2D eigenvalue weighted by atomic mass is 9.94. The lowest BCUT2D eigenvalue weighted by molar-refractivity contribution is 0.0388. The molecular weight excluding hydrogens is 262 g/mol. The van der Waals surface area contributed by atoms with Gasteiger partial charge in [0.15, 0.2) is 6.23 Å². The molecule has 112 valence electrons. The van der Waals surface area contributed by atoms with Gasteiger partial charge in [-0.25, -0.2) is 4.79 Å². The molecule has 0 spiro atoms. The molecule has 0 bridgehead atoms. The summed E-state index contributed by atoms with van der Waals surface area (Å²) in [5.41, 5.74) is 0.174. The van der Waals surface area contributed by atoms with E-state index < -0.39 is 15.0 Å². The third-order valence-electron chi connectivity index (χ3n) is 2.49. The first-order valence-electron chi connectivity index (χ1n) is 6.81. The molecule has 0 aromatic carbocycles. The second-order valence-corrected chi connectivity index (χ2v) is 8.23. The third-order valence-corrected chi connectivity index (χ3v) is 5.51. The summed E-state index contributed by atoms with van der Waals surface area (Å²) < 4.78 is 17.4. The van der Waals surface area contributed by atoms with Gasteiger partial charge in [0.2, 0.25) is 6.08 Å². The molecule has 0 radical (unpaired) electrons. The van der Waals surface area contributed by atoms with Crippen LogP contribution in [0.25, 0.3) is 0 Å². The molecule has 0 fully saturated rings. The number of aliphatic imine (C=N–C) groups is 1. The summed E-state index contributed by atoms with van der Waals surface area (Å²) in [5, 5.41) is 0. The Morgan fingerprint density at radius 2 is 1.74 bits per heavy atom. The quantitative estimate of drug-likeness (QED) is 0.372. The molecule has 0 N–H and O–H groups in total. The summed E-state index contributed by atoms with van der Waals surface area (Å²) in [7, 11) is -2.78. The van der Waals surface area contributed by atoms with E-state index in [0.29, 0.717) is 13.2 Å². The van der Waals surface area contributed by atoms with Crippen molar-refractivity contribution in [3.63, 3.8) is 0 Å². The Balaban J connectivity index is 4.88. The predicted molar refractivity (Wildman–Crippen MR) is 76.6 cm³/mol. The monoisotopic (exact) mass is 289 g/mol. The molecule has 0 aromatic heterocycles. The largest absolute Gasteiger partial charge is 0.502 e. The molecule has 0 saturated heterocycles. The number of nitrogens with zero attached hydrogens (tertiary/aromatic N) is 1. The minimum atomic E-state index is -2.78. The zero-order valence-electron chi connectivity index (χ0n) is 13.0. The summed E-state index contributed by atoms with van der Waals surface area (Å²) in [5.74, 6) is 0. The Morgan fingerprint density at radius 1 is 1.21 bits per heavy atom. The van der Waals surface area contributed by atoms with Crippen LogP contribution >= 0.6 is 0 Å². The van der Waals surface area contributed by atoms with Crippen molar-refractivity contribution in [2.24, 2.45) is 10.4 Å². The topological polar surface area (TPSA) is 57.1 Å². The van der Waals surface area contributed by atoms with Crippen LogP contribution in [0.1, 0.15) is 48.0 Å². The molecule has 0 rings (SSSR count). The fourth-order valence-corrected chi connectivity index (χ4v) is 4.78. The first kappa shape index (κ1) is 18.5. The van der Waals surface area contributed by atoms with Crippen molar-refractivity contribution < 1.29 is 18.1 Å². The molecule has 0 aliphatic heterocycles. The van der Waals surface area contributed by atoms with Crippen molar-refractivity contribution in [2.45, 2.75) is 60.2 Å². The highest BCUT2D eigenvalue weighted by Gasteiger charge is 2.43. The Bertz CT molecular complexity index is 292. The maximum atomic E-state index is 10.3.